The number of carbonyl (C=O) groups is 2. The number of alkyl halides is 3. The van der Waals surface area contributed by atoms with E-state index in [9.17, 15) is 22.8 Å². The van der Waals surface area contributed by atoms with Crippen LogP contribution in [0.1, 0.15) is 29.3 Å². The largest absolute Gasteiger partial charge is 0.484 e. The van der Waals surface area contributed by atoms with Gasteiger partial charge in [-0.3, -0.25) is 9.59 Å². The number of anilines is 1. The Morgan fingerprint density at radius 2 is 1.77 bits per heavy atom. The Bertz CT molecular complexity index is 804. The first-order valence-corrected chi connectivity index (χ1v) is 8.01. The number of ether oxygens (including phenoxy) is 1. The molecule has 2 rings (SSSR count). The summed E-state index contributed by atoms with van der Waals surface area (Å²) in [5.74, 6) is -0.337. The monoisotopic (exact) mass is 385 g/mol. The van der Waals surface area contributed by atoms with Crippen molar-refractivity contribution < 1.29 is 27.5 Å². The molecule has 0 spiro atoms. The number of rotatable bonds is 6. The SMILES string of the molecule is CCC(=O)c1ccc(OCC(=O)Nc2cc(C(F)(F)F)ccc2Cl)cc1. The Balaban J connectivity index is 1.98. The zero-order chi connectivity index (χ0) is 19.3. The Kier molecular flexibility index (Phi) is 6.26. The Labute approximate surface area is 152 Å². The van der Waals surface area contributed by atoms with Crippen molar-refractivity contribution in [3.05, 3.63) is 58.6 Å². The average molecular weight is 386 g/mol. The van der Waals surface area contributed by atoms with Crippen molar-refractivity contribution in [2.45, 2.75) is 19.5 Å². The summed E-state index contributed by atoms with van der Waals surface area (Å²) in [5, 5.41) is 2.26. The van der Waals surface area contributed by atoms with Crippen molar-refractivity contribution >= 4 is 29.0 Å². The molecule has 0 saturated heterocycles. The third-order valence-electron chi connectivity index (χ3n) is 3.44. The molecule has 1 N–H and O–H groups in total. The quantitative estimate of drug-likeness (QED) is 0.714. The lowest BCUT2D eigenvalue weighted by Crippen LogP contribution is -2.20. The minimum Gasteiger partial charge on any atom is -0.484 e. The molecule has 8 heteroatoms. The lowest BCUT2D eigenvalue weighted by Gasteiger charge is -2.12. The van der Waals surface area contributed by atoms with E-state index >= 15 is 0 Å². The third-order valence-corrected chi connectivity index (χ3v) is 3.76. The van der Waals surface area contributed by atoms with Gasteiger partial charge in [0.15, 0.2) is 12.4 Å². The van der Waals surface area contributed by atoms with E-state index in [-0.39, 0.29) is 16.5 Å². The van der Waals surface area contributed by atoms with Crippen LogP contribution in [0.15, 0.2) is 42.5 Å². The summed E-state index contributed by atoms with van der Waals surface area (Å²) < 4.78 is 43.4. The zero-order valence-electron chi connectivity index (χ0n) is 13.7. The van der Waals surface area contributed by atoms with Crippen molar-refractivity contribution in [3.63, 3.8) is 0 Å². The molecule has 0 aliphatic heterocycles. The van der Waals surface area contributed by atoms with E-state index < -0.39 is 24.3 Å². The molecule has 0 radical (unpaired) electrons. The number of halogens is 4. The maximum Gasteiger partial charge on any atom is 0.416 e. The van der Waals surface area contributed by atoms with Gasteiger partial charge in [-0.05, 0) is 42.5 Å². The van der Waals surface area contributed by atoms with Crippen molar-refractivity contribution in [2.75, 3.05) is 11.9 Å². The van der Waals surface area contributed by atoms with Crippen LogP contribution in [-0.2, 0) is 11.0 Å². The highest BCUT2D eigenvalue weighted by Crippen LogP contribution is 2.33. The summed E-state index contributed by atoms with van der Waals surface area (Å²) in [5.41, 5.74) is -0.548. The Hall–Kier alpha value is -2.54. The van der Waals surface area contributed by atoms with Gasteiger partial charge in [0.05, 0.1) is 16.3 Å². The van der Waals surface area contributed by atoms with Crippen molar-refractivity contribution in [3.8, 4) is 5.75 Å². The lowest BCUT2D eigenvalue weighted by molar-refractivity contribution is -0.137. The number of nitrogens with one attached hydrogen (secondary N) is 1. The first kappa shape index (κ1) is 19.8. The van der Waals surface area contributed by atoms with Gasteiger partial charge in [-0.1, -0.05) is 18.5 Å². The van der Waals surface area contributed by atoms with E-state index in [2.05, 4.69) is 5.32 Å². The fourth-order valence-corrected chi connectivity index (χ4v) is 2.24. The second-order valence-electron chi connectivity index (χ2n) is 5.33. The first-order valence-electron chi connectivity index (χ1n) is 7.63. The van der Waals surface area contributed by atoms with E-state index in [4.69, 9.17) is 16.3 Å². The van der Waals surface area contributed by atoms with E-state index in [1.807, 2.05) is 0 Å². The standard InChI is InChI=1S/C18H15ClF3NO3/c1-2-16(24)11-3-6-13(7-4-11)26-10-17(25)23-15-9-12(18(20,21)22)5-8-14(15)19/h3-9H,2,10H2,1H3,(H,23,25). The van der Waals surface area contributed by atoms with Crippen molar-refractivity contribution in [1.82, 2.24) is 0 Å². The summed E-state index contributed by atoms with van der Waals surface area (Å²) >= 11 is 5.81. The highest BCUT2D eigenvalue weighted by Gasteiger charge is 2.31. The van der Waals surface area contributed by atoms with Crippen LogP contribution in [-0.4, -0.2) is 18.3 Å². The second kappa shape index (κ2) is 8.23. The Morgan fingerprint density at radius 1 is 1.12 bits per heavy atom. The van der Waals surface area contributed by atoms with Gasteiger partial charge in [-0.15, -0.1) is 0 Å². The molecule has 2 aromatic rings. The molecule has 26 heavy (non-hydrogen) atoms. The van der Waals surface area contributed by atoms with Gasteiger partial charge < -0.3 is 10.1 Å². The molecule has 0 atom stereocenters. The van der Waals surface area contributed by atoms with Crippen LogP contribution in [0.25, 0.3) is 0 Å². The van der Waals surface area contributed by atoms with Crippen LogP contribution in [0.4, 0.5) is 18.9 Å². The molecule has 0 fully saturated rings. The third kappa shape index (κ3) is 5.23. The fraction of sp³-hybridized carbons (Fsp3) is 0.222. The molecule has 0 heterocycles. The normalized spacial score (nSPS) is 11.1. The van der Waals surface area contributed by atoms with Crippen LogP contribution in [0.2, 0.25) is 5.02 Å². The molecule has 0 aliphatic carbocycles. The number of hydrogen-bond acceptors (Lipinski definition) is 3. The summed E-state index contributed by atoms with van der Waals surface area (Å²) in [6, 6.07) is 8.86. The number of hydrogen-bond donors (Lipinski definition) is 1. The molecular formula is C18H15ClF3NO3. The van der Waals surface area contributed by atoms with Crippen molar-refractivity contribution in [1.29, 1.82) is 0 Å². The van der Waals surface area contributed by atoms with Gasteiger partial charge in [-0.25, -0.2) is 0 Å². The fourth-order valence-electron chi connectivity index (χ4n) is 2.07. The first-order chi connectivity index (χ1) is 12.2. The summed E-state index contributed by atoms with van der Waals surface area (Å²) in [7, 11) is 0. The molecule has 0 unspecified atom stereocenters. The number of amides is 1. The predicted molar refractivity (Wildman–Crippen MR) is 91.6 cm³/mol. The number of Topliss-reactive ketones (excluding diaryl/α,β-unsaturated/α-hetero) is 1. The molecule has 138 valence electrons. The van der Waals surface area contributed by atoms with Crippen molar-refractivity contribution in [2.24, 2.45) is 0 Å². The maximum atomic E-state index is 12.7. The molecule has 0 bridgehead atoms. The summed E-state index contributed by atoms with van der Waals surface area (Å²) in [6.07, 6.45) is -4.17. The van der Waals surface area contributed by atoms with E-state index in [1.54, 1.807) is 19.1 Å². The lowest BCUT2D eigenvalue weighted by atomic mass is 10.1. The minimum absolute atomic E-state index is 0.0196. The highest BCUT2D eigenvalue weighted by molar-refractivity contribution is 6.33. The predicted octanol–water partition coefficient (Wildman–Crippen LogP) is 4.97. The van der Waals surface area contributed by atoms with Crippen LogP contribution >= 0.6 is 11.6 Å². The summed E-state index contributed by atoms with van der Waals surface area (Å²) in [4.78, 5) is 23.4. The van der Waals surface area contributed by atoms with Gasteiger partial charge in [0.1, 0.15) is 5.75 Å². The van der Waals surface area contributed by atoms with E-state index in [0.29, 0.717) is 17.7 Å². The van der Waals surface area contributed by atoms with E-state index in [1.165, 1.54) is 12.1 Å². The molecule has 4 nitrogen and oxygen atoms in total. The summed E-state index contributed by atoms with van der Waals surface area (Å²) in [6.45, 7) is 1.32. The number of carbonyl (C=O) groups excluding carboxylic acids is 2. The molecule has 2 aromatic carbocycles. The topological polar surface area (TPSA) is 55.4 Å². The van der Waals surface area contributed by atoms with Gasteiger partial charge in [0, 0.05) is 12.0 Å². The van der Waals surface area contributed by atoms with E-state index in [0.717, 1.165) is 18.2 Å². The minimum atomic E-state index is -4.54. The average Bonchev–Trinajstić information content (AvgIpc) is 2.60. The van der Waals surface area contributed by atoms with Gasteiger partial charge >= 0.3 is 6.18 Å². The molecule has 0 saturated carbocycles. The number of ketones is 1. The maximum absolute atomic E-state index is 12.7. The molecular weight excluding hydrogens is 371 g/mol. The van der Waals surface area contributed by atoms with Crippen LogP contribution in [0, 0.1) is 0 Å². The Morgan fingerprint density at radius 3 is 2.35 bits per heavy atom. The smallest absolute Gasteiger partial charge is 0.416 e. The highest BCUT2D eigenvalue weighted by atomic mass is 35.5. The zero-order valence-corrected chi connectivity index (χ0v) is 14.4. The van der Waals surface area contributed by atoms with Crippen LogP contribution < -0.4 is 10.1 Å². The van der Waals surface area contributed by atoms with Crippen LogP contribution in [0.3, 0.4) is 0 Å². The molecule has 0 aliphatic rings. The number of benzene rings is 2. The molecule has 0 aromatic heterocycles. The van der Waals surface area contributed by atoms with Gasteiger partial charge in [0.25, 0.3) is 5.91 Å². The molecule has 1 amide bonds. The second-order valence-corrected chi connectivity index (χ2v) is 5.74. The van der Waals surface area contributed by atoms with Gasteiger partial charge in [0.2, 0.25) is 0 Å². The van der Waals surface area contributed by atoms with Crippen LogP contribution in [0.5, 0.6) is 5.75 Å². The van der Waals surface area contributed by atoms with Gasteiger partial charge in [-0.2, -0.15) is 13.2 Å².